The van der Waals surface area contributed by atoms with E-state index >= 15 is 0 Å². The number of aryl methyl sites for hydroxylation is 1. The summed E-state index contributed by atoms with van der Waals surface area (Å²) in [6.07, 6.45) is 6.69. The third-order valence-electron chi connectivity index (χ3n) is 2.37. The van der Waals surface area contributed by atoms with Gasteiger partial charge in [-0.3, -0.25) is 5.43 Å². The summed E-state index contributed by atoms with van der Waals surface area (Å²) in [5, 5.41) is 0.910. The first-order chi connectivity index (χ1) is 8.78. The summed E-state index contributed by atoms with van der Waals surface area (Å²) in [5.41, 5.74) is 2.44. The highest BCUT2D eigenvalue weighted by Gasteiger charge is 2.11. The molecule has 0 saturated heterocycles. The van der Waals surface area contributed by atoms with Crippen molar-refractivity contribution in [3.8, 4) is 18.2 Å². The van der Waals surface area contributed by atoms with Gasteiger partial charge in [-0.25, -0.2) is 10.8 Å². The van der Waals surface area contributed by atoms with E-state index in [1.54, 1.807) is 11.3 Å². The molecule has 0 aliphatic heterocycles. The lowest BCUT2D eigenvalue weighted by atomic mass is 10.3. The number of thiophene rings is 1. The van der Waals surface area contributed by atoms with Crippen LogP contribution in [0.4, 0.5) is 5.95 Å². The van der Waals surface area contributed by atoms with Crippen LogP contribution >= 0.6 is 11.3 Å². The Kier molecular flexibility index (Phi) is 3.97. The first-order valence-corrected chi connectivity index (χ1v) is 6.43. The Morgan fingerprint density at radius 2 is 2.39 bits per heavy atom. The zero-order valence-corrected chi connectivity index (χ0v) is 10.9. The van der Waals surface area contributed by atoms with Gasteiger partial charge in [-0.15, -0.1) is 23.7 Å². The first-order valence-electron chi connectivity index (χ1n) is 5.61. The summed E-state index contributed by atoms with van der Waals surface area (Å²) in [7, 11) is 0. The Hall–Kier alpha value is -1.84. The highest BCUT2D eigenvalue weighted by atomic mass is 32.1. The van der Waals surface area contributed by atoms with Crippen molar-refractivity contribution in [3.63, 3.8) is 0 Å². The normalized spacial score (nSPS) is 10.3. The maximum absolute atomic E-state index is 5.58. The Morgan fingerprint density at radius 1 is 1.56 bits per heavy atom. The summed E-state index contributed by atoms with van der Waals surface area (Å²) >= 11 is 1.61. The number of fused-ring (bicyclic) bond motifs is 1. The second kappa shape index (κ2) is 5.67. The average molecular weight is 262 g/mol. The molecular formula is C12H14N4OS. The summed E-state index contributed by atoms with van der Waals surface area (Å²) in [6, 6.07) is 2.05. The summed E-state index contributed by atoms with van der Waals surface area (Å²) < 4.78 is 5.58. The predicted octanol–water partition coefficient (Wildman–Crippen LogP) is 1.94. The molecule has 2 aromatic heterocycles. The maximum Gasteiger partial charge on any atom is 0.241 e. The number of nitrogens with two attached hydrogens (primary N) is 1. The van der Waals surface area contributed by atoms with Gasteiger partial charge in [0, 0.05) is 11.3 Å². The van der Waals surface area contributed by atoms with Crippen molar-refractivity contribution < 1.29 is 4.74 Å². The minimum Gasteiger partial charge on any atom is -0.476 e. The molecule has 0 saturated carbocycles. The molecule has 2 heterocycles. The van der Waals surface area contributed by atoms with Gasteiger partial charge in [-0.05, 0) is 12.5 Å². The zero-order valence-electron chi connectivity index (χ0n) is 10.1. The highest BCUT2D eigenvalue weighted by molar-refractivity contribution is 7.18. The van der Waals surface area contributed by atoms with Crippen LogP contribution < -0.4 is 16.0 Å². The molecule has 94 valence electrons. The molecule has 0 radical (unpaired) electrons. The monoisotopic (exact) mass is 262 g/mol. The minimum atomic E-state index is 0.350. The molecular weight excluding hydrogens is 248 g/mol. The molecule has 2 aromatic rings. The van der Waals surface area contributed by atoms with Crippen LogP contribution in [0.15, 0.2) is 6.07 Å². The topological polar surface area (TPSA) is 73.1 Å². The fraction of sp³-hybridized carbons (Fsp3) is 0.333. The van der Waals surface area contributed by atoms with Gasteiger partial charge in [0.25, 0.3) is 0 Å². The lowest BCUT2D eigenvalue weighted by Crippen LogP contribution is -2.11. The van der Waals surface area contributed by atoms with Crippen LogP contribution in [-0.2, 0) is 6.42 Å². The van der Waals surface area contributed by atoms with Gasteiger partial charge in [0.2, 0.25) is 11.8 Å². The summed E-state index contributed by atoms with van der Waals surface area (Å²) in [6.45, 7) is 2.53. The molecule has 0 spiro atoms. The summed E-state index contributed by atoms with van der Waals surface area (Å²) in [4.78, 5) is 10.6. The molecule has 0 fully saturated rings. The maximum atomic E-state index is 5.58. The lowest BCUT2D eigenvalue weighted by Gasteiger charge is -2.06. The third kappa shape index (κ3) is 2.53. The smallest absolute Gasteiger partial charge is 0.241 e. The van der Waals surface area contributed by atoms with E-state index in [2.05, 4.69) is 28.2 Å². The van der Waals surface area contributed by atoms with Gasteiger partial charge in [0.1, 0.15) is 11.4 Å². The van der Waals surface area contributed by atoms with E-state index in [9.17, 15) is 0 Å². The number of hydrogen-bond acceptors (Lipinski definition) is 6. The minimum absolute atomic E-state index is 0.350. The van der Waals surface area contributed by atoms with Crippen LogP contribution in [0.1, 0.15) is 18.2 Å². The number of nitrogens with zero attached hydrogens (tertiary/aromatic N) is 2. The molecule has 0 aliphatic rings. The SMILES string of the molecule is C#CCCOc1nc(NN)nc2sc(CC)cc12. The number of terminal acetylenes is 1. The molecule has 0 aromatic carbocycles. The van der Waals surface area contributed by atoms with E-state index < -0.39 is 0 Å². The molecule has 0 atom stereocenters. The van der Waals surface area contributed by atoms with Crippen LogP contribution in [0.25, 0.3) is 10.2 Å². The van der Waals surface area contributed by atoms with Crippen molar-refractivity contribution in [1.29, 1.82) is 0 Å². The van der Waals surface area contributed by atoms with Gasteiger partial charge < -0.3 is 4.74 Å². The van der Waals surface area contributed by atoms with Crippen LogP contribution in [-0.4, -0.2) is 16.6 Å². The Bertz CT molecular complexity index is 588. The number of anilines is 1. The standard InChI is InChI=1S/C12H14N4OS/c1-3-5-6-17-10-9-7-8(4-2)18-11(9)15-12(14-10)16-13/h1,7H,4-6,13H2,2H3,(H,14,15,16). The Labute approximate surface area is 109 Å². The Balaban J connectivity index is 2.41. The molecule has 0 unspecified atom stereocenters. The van der Waals surface area contributed by atoms with Gasteiger partial charge >= 0.3 is 0 Å². The van der Waals surface area contributed by atoms with Crippen molar-refractivity contribution in [2.24, 2.45) is 5.84 Å². The zero-order chi connectivity index (χ0) is 13.0. The van der Waals surface area contributed by atoms with Crippen molar-refractivity contribution in [3.05, 3.63) is 10.9 Å². The molecule has 0 aliphatic carbocycles. The molecule has 0 amide bonds. The van der Waals surface area contributed by atoms with Crippen molar-refractivity contribution in [2.45, 2.75) is 19.8 Å². The van der Waals surface area contributed by atoms with Gasteiger partial charge in [-0.1, -0.05) is 6.92 Å². The van der Waals surface area contributed by atoms with E-state index in [0.29, 0.717) is 24.9 Å². The number of aromatic nitrogens is 2. The number of rotatable bonds is 5. The first kappa shape index (κ1) is 12.6. The number of hydrazine groups is 1. The second-order valence-corrected chi connectivity index (χ2v) is 4.70. The number of hydrogen-bond donors (Lipinski definition) is 2. The van der Waals surface area contributed by atoms with Crippen LogP contribution in [0.5, 0.6) is 5.88 Å². The van der Waals surface area contributed by atoms with Crippen LogP contribution in [0.3, 0.4) is 0 Å². The largest absolute Gasteiger partial charge is 0.476 e. The number of nitrogen functional groups attached to an aromatic ring is 1. The van der Waals surface area contributed by atoms with Gasteiger partial charge in [0.15, 0.2) is 0 Å². The third-order valence-corrected chi connectivity index (χ3v) is 3.54. The molecule has 3 N–H and O–H groups in total. The Morgan fingerprint density at radius 3 is 3.06 bits per heavy atom. The van der Waals surface area contributed by atoms with E-state index in [0.717, 1.165) is 16.6 Å². The van der Waals surface area contributed by atoms with Crippen molar-refractivity contribution in [1.82, 2.24) is 9.97 Å². The van der Waals surface area contributed by atoms with Crippen molar-refractivity contribution in [2.75, 3.05) is 12.0 Å². The van der Waals surface area contributed by atoms with E-state index in [1.807, 2.05) is 6.07 Å². The van der Waals surface area contributed by atoms with Crippen LogP contribution in [0.2, 0.25) is 0 Å². The second-order valence-electron chi connectivity index (χ2n) is 3.58. The predicted molar refractivity (Wildman–Crippen MR) is 73.5 cm³/mol. The van der Waals surface area contributed by atoms with Crippen molar-refractivity contribution >= 4 is 27.5 Å². The van der Waals surface area contributed by atoms with E-state index in [1.165, 1.54) is 4.88 Å². The fourth-order valence-corrected chi connectivity index (χ4v) is 2.46. The number of nitrogens with one attached hydrogen (secondary N) is 1. The molecule has 0 bridgehead atoms. The fourth-order valence-electron chi connectivity index (χ4n) is 1.50. The average Bonchev–Trinajstić information content (AvgIpc) is 2.81. The van der Waals surface area contributed by atoms with E-state index in [4.69, 9.17) is 17.0 Å². The molecule has 18 heavy (non-hydrogen) atoms. The molecule has 2 rings (SSSR count). The summed E-state index contributed by atoms with van der Waals surface area (Å²) in [5.74, 6) is 8.75. The quantitative estimate of drug-likeness (QED) is 0.373. The number of ether oxygens (including phenoxy) is 1. The lowest BCUT2D eigenvalue weighted by molar-refractivity contribution is 0.319. The van der Waals surface area contributed by atoms with E-state index in [-0.39, 0.29) is 0 Å². The molecule has 5 nitrogen and oxygen atoms in total. The van der Waals surface area contributed by atoms with Gasteiger partial charge in [0.05, 0.1) is 5.39 Å². The highest BCUT2D eigenvalue weighted by Crippen LogP contribution is 2.31. The molecule has 6 heteroatoms. The van der Waals surface area contributed by atoms with Gasteiger partial charge in [-0.2, -0.15) is 4.98 Å². The van der Waals surface area contributed by atoms with Crippen LogP contribution in [0, 0.1) is 12.3 Å².